The standard InChI is InChI=1S/C18H13F2N3O2/c1-11(24)22-13-5-7-14(8-6-13)23-18(25)12(10-21)9-15-16(19)3-2-4-17(15)20/h2-9H,1H3,(H,22,24)(H,23,25)/b12-9+. The van der Waals surface area contributed by atoms with E-state index in [9.17, 15) is 18.4 Å². The van der Waals surface area contributed by atoms with Gasteiger partial charge in [0, 0.05) is 23.9 Å². The maximum atomic E-state index is 13.6. The fraction of sp³-hybridized carbons (Fsp3) is 0.0556. The molecule has 2 aromatic rings. The monoisotopic (exact) mass is 341 g/mol. The number of nitrogens with zero attached hydrogens (tertiary/aromatic N) is 1. The third-order valence-electron chi connectivity index (χ3n) is 3.12. The van der Waals surface area contributed by atoms with Crippen LogP contribution >= 0.6 is 0 Å². The second-order valence-corrected chi connectivity index (χ2v) is 5.02. The molecule has 5 nitrogen and oxygen atoms in total. The van der Waals surface area contributed by atoms with Gasteiger partial charge in [0.2, 0.25) is 5.91 Å². The molecular formula is C18H13F2N3O2. The van der Waals surface area contributed by atoms with Crippen LogP contribution in [0.5, 0.6) is 0 Å². The van der Waals surface area contributed by atoms with Gasteiger partial charge in [-0.1, -0.05) is 6.07 Å². The number of carbonyl (C=O) groups excluding carboxylic acids is 2. The van der Waals surface area contributed by atoms with Crippen molar-refractivity contribution in [2.24, 2.45) is 0 Å². The number of anilines is 2. The topological polar surface area (TPSA) is 82.0 Å². The third-order valence-corrected chi connectivity index (χ3v) is 3.12. The minimum atomic E-state index is -0.875. The van der Waals surface area contributed by atoms with Crippen molar-refractivity contribution < 1.29 is 18.4 Å². The first kappa shape index (κ1) is 17.8. The summed E-state index contributed by atoms with van der Waals surface area (Å²) in [6.07, 6.45) is 0.853. The van der Waals surface area contributed by atoms with Crippen LogP contribution in [0.1, 0.15) is 12.5 Å². The Kier molecular flexibility index (Phi) is 5.58. The van der Waals surface area contributed by atoms with E-state index >= 15 is 0 Å². The molecule has 7 heteroatoms. The SMILES string of the molecule is CC(=O)Nc1ccc(NC(=O)/C(C#N)=C/c2c(F)cccc2F)cc1. The highest BCUT2D eigenvalue weighted by Gasteiger charge is 2.13. The fourth-order valence-corrected chi connectivity index (χ4v) is 1.98. The Balaban J connectivity index is 2.19. The molecule has 0 radical (unpaired) electrons. The molecule has 0 saturated heterocycles. The molecule has 0 atom stereocenters. The van der Waals surface area contributed by atoms with Crippen molar-refractivity contribution in [3.8, 4) is 6.07 Å². The normalized spacial score (nSPS) is 10.7. The first-order valence-corrected chi connectivity index (χ1v) is 7.15. The van der Waals surface area contributed by atoms with Gasteiger partial charge in [0.15, 0.2) is 0 Å². The summed E-state index contributed by atoms with van der Waals surface area (Å²) >= 11 is 0. The summed E-state index contributed by atoms with van der Waals surface area (Å²) in [4.78, 5) is 23.1. The second kappa shape index (κ2) is 7.84. The van der Waals surface area contributed by atoms with E-state index in [2.05, 4.69) is 10.6 Å². The molecule has 2 aromatic carbocycles. The molecule has 0 fully saturated rings. The van der Waals surface area contributed by atoms with Crippen LogP contribution in [-0.2, 0) is 9.59 Å². The Morgan fingerprint density at radius 3 is 2.00 bits per heavy atom. The van der Waals surface area contributed by atoms with Crippen molar-refractivity contribution >= 4 is 29.3 Å². The Morgan fingerprint density at radius 2 is 1.52 bits per heavy atom. The first-order valence-electron chi connectivity index (χ1n) is 7.15. The number of hydrogen-bond acceptors (Lipinski definition) is 3. The summed E-state index contributed by atoms with van der Waals surface area (Å²) in [5, 5.41) is 14.1. The molecule has 0 aromatic heterocycles. The lowest BCUT2D eigenvalue weighted by Crippen LogP contribution is -2.14. The second-order valence-electron chi connectivity index (χ2n) is 5.02. The van der Waals surface area contributed by atoms with E-state index in [1.807, 2.05) is 0 Å². The van der Waals surface area contributed by atoms with Crippen LogP contribution in [0.2, 0.25) is 0 Å². The summed E-state index contributed by atoms with van der Waals surface area (Å²) in [7, 11) is 0. The Morgan fingerprint density at radius 1 is 1.00 bits per heavy atom. The number of rotatable bonds is 4. The predicted octanol–water partition coefficient (Wildman–Crippen LogP) is 3.47. The smallest absolute Gasteiger partial charge is 0.266 e. The molecule has 0 aliphatic carbocycles. The van der Waals surface area contributed by atoms with Crippen LogP contribution in [-0.4, -0.2) is 11.8 Å². The number of amides is 2. The van der Waals surface area contributed by atoms with Crippen LogP contribution in [0.3, 0.4) is 0 Å². The van der Waals surface area contributed by atoms with Gasteiger partial charge in [-0.3, -0.25) is 9.59 Å². The van der Waals surface area contributed by atoms with Gasteiger partial charge in [0.1, 0.15) is 23.3 Å². The summed E-state index contributed by atoms with van der Waals surface area (Å²) in [5.74, 6) is -2.80. The van der Waals surface area contributed by atoms with Crippen molar-refractivity contribution in [2.75, 3.05) is 10.6 Å². The highest BCUT2D eigenvalue weighted by molar-refractivity contribution is 6.09. The highest BCUT2D eigenvalue weighted by Crippen LogP contribution is 2.18. The van der Waals surface area contributed by atoms with E-state index in [0.29, 0.717) is 11.4 Å². The quantitative estimate of drug-likeness (QED) is 0.660. The number of nitrogens with one attached hydrogen (secondary N) is 2. The summed E-state index contributed by atoms with van der Waals surface area (Å²) < 4.78 is 27.3. The minimum Gasteiger partial charge on any atom is -0.326 e. The first-order chi connectivity index (χ1) is 11.9. The maximum absolute atomic E-state index is 13.6. The van der Waals surface area contributed by atoms with E-state index < -0.39 is 28.7 Å². The van der Waals surface area contributed by atoms with Gasteiger partial charge in [0.25, 0.3) is 5.91 Å². The zero-order valence-electron chi connectivity index (χ0n) is 13.1. The predicted molar refractivity (Wildman–Crippen MR) is 89.3 cm³/mol. The van der Waals surface area contributed by atoms with Gasteiger partial charge in [-0.25, -0.2) is 8.78 Å². The van der Waals surface area contributed by atoms with Gasteiger partial charge in [-0.15, -0.1) is 0 Å². The number of nitriles is 1. The summed E-state index contributed by atoms with van der Waals surface area (Å²) in [6.45, 7) is 1.36. The number of hydrogen-bond donors (Lipinski definition) is 2. The maximum Gasteiger partial charge on any atom is 0.266 e. The van der Waals surface area contributed by atoms with E-state index in [1.165, 1.54) is 25.1 Å². The molecule has 126 valence electrons. The van der Waals surface area contributed by atoms with Crippen molar-refractivity contribution in [3.63, 3.8) is 0 Å². The Hall–Kier alpha value is -3.53. The van der Waals surface area contributed by atoms with Gasteiger partial charge in [0.05, 0.1) is 0 Å². The molecule has 0 spiro atoms. The Bertz CT molecular complexity index is 864. The van der Waals surface area contributed by atoms with Crippen LogP contribution in [0.25, 0.3) is 6.08 Å². The molecule has 2 N–H and O–H groups in total. The van der Waals surface area contributed by atoms with Crippen LogP contribution in [0.4, 0.5) is 20.2 Å². The zero-order chi connectivity index (χ0) is 18.4. The average Bonchev–Trinajstić information content (AvgIpc) is 2.56. The molecule has 0 aliphatic rings. The fourth-order valence-electron chi connectivity index (χ4n) is 1.98. The molecule has 0 bridgehead atoms. The zero-order valence-corrected chi connectivity index (χ0v) is 13.1. The highest BCUT2D eigenvalue weighted by atomic mass is 19.1. The van der Waals surface area contributed by atoms with Crippen molar-refractivity contribution in [3.05, 3.63) is 65.2 Å². The molecule has 0 heterocycles. The average molecular weight is 341 g/mol. The van der Waals surface area contributed by atoms with Crippen LogP contribution in [0, 0.1) is 23.0 Å². The minimum absolute atomic E-state index is 0.238. The van der Waals surface area contributed by atoms with Crippen molar-refractivity contribution in [1.82, 2.24) is 0 Å². The summed E-state index contributed by atoms with van der Waals surface area (Å²) in [6, 6.07) is 11.0. The molecule has 0 unspecified atom stereocenters. The number of halogens is 2. The van der Waals surface area contributed by atoms with Gasteiger partial charge in [-0.2, -0.15) is 5.26 Å². The van der Waals surface area contributed by atoms with Gasteiger partial charge >= 0.3 is 0 Å². The van der Waals surface area contributed by atoms with E-state index in [-0.39, 0.29) is 5.91 Å². The number of carbonyl (C=O) groups is 2. The summed E-state index contributed by atoms with van der Waals surface area (Å²) in [5.41, 5.74) is -0.0191. The molecule has 0 aliphatic heterocycles. The lowest BCUT2D eigenvalue weighted by Gasteiger charge is -2.07. The van der Waals surface area contributed by atoms with E-state index in [0.717, 1.165) is 18.2 Å². The molecular weight excluding hydrogens is 328 g/mol. The Labute approximate surface area is 142 Å². The third kappa shape index (κ3) is 4.72. The number of benzene rings is 2. The largest absolute Gasteiger partial charge is 0.326 e. The molecule has 0 saturated carbocycles. The lowest BCUT2D eigenvalue weighted by atomic mass is 10.1. The molecule has 2 rings (SSSR count). The molecule has 2 amide bonds. The van der Waals surface area contributed by atoms with E-state index in [1.54, 1.807) is 18.2 Å². The molecule has 25 heavy (non-hydrogen) atoms. The van der Waals surface area contributed by atoms with Gasteiger partial charge < -0.3 is 10.6 Å². The van der Waals surface area contributed by atoms with Crippen molar-refractivity contribution in [1.29, 1.82) is 5.26 Å². The van der Waals surface area contributed by atoms with Crippen LogP contribution < -0.4 is 10.6 Å². The van der Waals surface area contributed by atoms with E-state index in [4.69, 9.17) is 5.26 Å². The van der Waals surface area contributed by atoms with Crippen molar-refractivity contribution in [2.45, 2.75) is 6.92 Å². The van der Waals surface area contributed by atoms with Gasteiger partial charge in [-0.05, 0) is 42.5 Å². The van der Waals surface area contributed by atoms with Crippen LogP contribution in [0.15, 0.2) is 48.0 Å². The lowest BCUT2D eigenvalue weighted by molar-refractivity contribution is -0.114.